The Morgan fingerprint density at radius 2 is 1.04 bits per heavy atom. The van der Waals surface area contributed by atoms with Crippen molar-refractivity contribution in [2.45, 2.75) is 44.6 Å². The molecule has 5 heterocycles. The largest absolute Gasteiger partial charge is 0.497 e. The summed E-state index contributed by atoms with van der Waals surface area (Å²) in [5, 5.41) is 45.7. The number of hydrazine groups is 5. The Balaban J connectivity index is 0.000000152. The average Bonchev–Trinajstić information content (AvgIpc) is 2.83. The molecule has 0 aromatic heterocycles. The molecule has 3 atom stereocenters. The molecular weight excluding hydrogens is 1120 g/mol. The van der Waals surface area contributed by atoms with Crippen LogP contribution in [0.2, 0.25) is 0 Å². The summed E-state index contributed by atoms with van der Waals surface area (Å²) in [4.78, 5) is 57.7. The van der Waals surface area contributed by atoms with Gasteiger partial charge in [0, 0.05) is 19.0 Å². The number of aliphatic hydroxyl groups is 4. The van der Waals surface area contributed by atoms with Crippen LogP contribution in [0.4, 0.5) is 28.4 Å². The number of nitrogens with zero attached hydrogens (tertiary/aromatic N) is 5. The number of amides is 5. The predicted molar refractivity (Wildman–Crippen MR) is 318 cm³/mol. The zero-order chi connectivity index (χ0) is 61.5. The van der Waals surface area contributed by atoms with E-state index in [1.165, 1.54) is 24.3 Å². The molecule has 452 valence electrons. The lowest BCUT2D eigenvalue weighted by atomic mass is 9.90. The highest BCUT2D eigenvalue weighted by Crippen LogP contribution is 2.34. The Bertz CT molecular complexity index is 3320. The topological polar surface area (TPSA) is 315 Å². The van der Waals surface area contributed by atoms with Gasteiger partial charge in [-0.25, -0.2) is 0 Å². The monoisotopic (exact) mass is 1190 g/mol. The van der Waals surface area contributed by atoms with Gasteiger partial charge >= 0.3 is 0 Å². The van der Waals surface area contributed by atoms with Crippen LogP contribution in [-0.2, 0) is 34.1 Å². The molecule has 5 aliphatic rings. The molecule has 6 aromatic carbocycles. The van der Waals surface area contributed by atoms with E-state index < -0.39 is 26.4 Å². The minimum absolute atomic E-state index is 0.0627. The average molecular weight is 1190 g/mol. The second-order valence-corrected chi connectivity index (χ2v) is 22.5. The third-order valence-electron chi connectivity index (χ3n) is 14.6. The van der Waals surface area contributed by atoms with E-state index in [1.807, 2.05) is 133 Å². The first kappa shape index (κ1) is 63.6. The Hall–Kier alpha value is -8.98. The molecule has 0 bridgehead atoms. The Morgan fingerprint density at radius 1 is 0.518 bits per heavy atom. The van der Waals surface area contributed by atoms with Gasteiger partial charge in [-0.1, -0.05) is 72.8 Å². The lowest BCUT2D eigenvalue weighted by Crippen LogP contribution is -2.39. The number of aliphatic hydroxyl groups excluding tert-OH is 4. The van der Waals surface area contributed by atoms with Gasteiger partial charge in [0.25, 0.3) is 16.0 Å². The molecule has 25 heteroatoms. The van der Waals surface area contributed by atoms with E-state index in [4.69, 9.17) is 14.0 Å². The summed E-state index contributed by atoms with van der Waals surface area (Å²) in [6.45, 7) is 6.08. The van der Waals surface area contributed by atoms with Crippen LogP contribution in [0.1, 0.15) is 43.9 Å². The van der Waals surface area contributed by atoms with Gasteiger partial charge in [0.05, 0.1) is 117 Å². The van der Waals surface area contributed by atoms with E-state index in [-0.39, 0.29) is 73.4 Å². The summed E-state index contributed by atoms with van der Waals surface area (Å²) in [7, 11) is -0.956. The van der Waals surface area contributed by atoms with Crippen molar-refractivity contribution >= 4 is 68.1 Å². The number of aryl methyl sites for hydroxylation is 1. The molecule has 0 spiro atoms. The maximum Gasteiger partial charge on any atom is 0.294 e. The van der Waals surface area contributed by atoms with E-state index in [2.05, 4.69) is 39.3 Å². The van der Waals surface area contributed by atoms with Crippen molar-refractivity contribution in [2.24, 2.45) is 16.2 Å². The van der Waals surface area contributed by atoms with Crippen molar-refractivity contribution in [3.05, 3.63) is 169 Å². The molecule has 0 aliphatic carbocycles. The van der Waals surface area contributed by atoms with Crippen LogP contribution in [-0.4, -0.2) is 130 Å². The lowest BCUT2D eigenvalue weighted by molar-refractivity contribution is -0.131. The fourth-order valence-corrected chi connectivity index (χ4v) is 9.74. The minimum atomic E-state index is -4.16. The summed E-state index contributed by atoms with van der Waals surface area (Å²) in [6, 6.07) is 48.1. The summed E-state index contributed by atoms with van der Waals surface area (Å²) >= 11 is 0. The third-order valence-corrected chi connectivity index (χ3v) is 15.5. The number of carbonyl (C=O) groups excluding carboxylic acids is 5. The van der Waals surface area contributed by atoms with Gasteiger partial charge in [-0.3, -0.25) is 80.7 Å². The molecule has 11 rings (SSSR count). The van der Waals surface area contributed by atoms with Gasteiger partial charge in [0.15, 0.2) is 0 Å². The molecule has 5 aliphatic heterocycles. The van der Waals surface area contributed by atoms with Gasteiger partial charge in [-0.15, -0.1) is 0 Å². The lowest BCUT2D eigenvalue weighted by Gasteiger charge is -2.25. The Kier molecular flexibility index (Phi) is 21.0. The number of anilines is 5. The zero-order valence-electron chi connectivity index (χ0n) is 47.7. The predicted octanol–water partition coefficient (Wildman–Crippen LogP) is 3.75. The van der Waals surface area contributed by atoms with Gasteiger partial charge < -0.3 is 29.9 Å². The summed E-state index contributed by atoms with van der Waals surface area (Å²) in [5.74, 6) is 0.828. The number of carbonyl (C=O) groups is 5. The normalized spacial score (nSPS) is 20.2. The van der Waals surface area contributed by atoms with Crippen LogP contribution in [0.25, 0.3) is 0 Å². The van der Waals surface area contributed by atoms with E-state index in [0.717, 1.165) is 45.4 Å². The van der Waals surface area contributed by atoms with Gasteiger partial charge in [-0.2, -0.15) is 8.42 Å². The molecule has 85 heavy (non-hydrogen) atoms. The fraction of sp³-hybridized carbons (Fsp3) is 0.317. The Labute approximate surface area is 493 Å². The van der Waals surface area contributed by atoms with Crippen molar-refractivity contribution in [2.75, 3.05) is 91.9 Å². The standard InChI is InChI=1S/C15H14N2O.3C12H16N2O3.C9H10N2O4S/c18-15-11-14(12-7-3-1-4-8-12)17(16-15)13-9-5-2-6-10-13;1-12(8-15)7-14(13-11(12)16)9-3-5-10(17-2)6-4-9;1-12(8-15)7-14(13-11(12)16)9-4-3-5-10(6-9)17-2;1-9-4-2-3-5-10(9)14-6-12(7-15,8-16)11(17)13-14;12-9-5-6-11(10-9)7-1-3-8(4-2-7)16(13,14)15/h1-10,14H,11H2,(H,16,18);2*3-6,15H,7-8H2,1-2H3,(H,13,16);2-5,15-16H,6-8H2,1H3,(H,13,17);1-4H,5-6H2,(H,10,12)(H,13,14,15). The van der Waals surface area contributed by atoms with Crippen LogP contribution >= 0.6 is 0 Å². The zero-order valence-corrected chi connectivity index (χ0v) is 48.5. The highest BCUT2D eigenvalue weighted by molar-refractivity contribution is 7.85. The van der Waals surface area contributed by atoms with Crippen LogP contribution in [0.3, 0.4) is 0 Å². The van der Waals surface area contributed by atoms with E-state index in [1.54, 1.807) is 48.1 Å². The number of nitrogens with one attached hydrogen (secondary N) is 5. The van der Waals surface area contributed by atoms with Gasteiger partial charge in [0.1, 0.15) is 16.9 Å². The molecule has 24 nitrogen and oxygen atoms in total. The molecule has 5 fully saturated rings. The number of hydrogen-bond donors (Lipinski definition) is 10. The number of para-hydroxylation sites is 2. The molecular formula is C60H72N10O14S. The van der Waals surface area contributed by atoms with Crippen LogP contribution < -0.4 is 61.6 Å². The van der Waals surface area contributed by atoms with E-state index in [9.17, 15) is 52.8 Å². The molecule has 5 amide bonds. The van der Waals surface area contributed by atoms with Crippen molar-refractivity contribution in [3.8, 4) is 11.5 Å². The number of benzene rings is 6. The van der Waals surface area contributed by atoms with Crippen molar-refractivity contribution < 1.29 is 66.8 Å². The first-order chi connectivity index (χ1) is 40.6. The van der Waals surface area contributed by atoms with Gasteiger partial charge in [0.2, 0.25) is 23.6 Å². The SMILES string of the molecule is COc1ccc(N2CC(C)(CO)C(=O)N2)cc1.COc1cccc(N2CC(C)(CO)C(=O)N2)c1.Cc1ccccc1N1CC(CO)(CO)C(=O)N1.O=C1CC(c2ccccc2)N(c2ccccc2)N1.O=C1CCN(c2ccc(S(=O)(=O)O)cc2)N1. The second-order valence-electron chi connectivity index (χ2n) is 21.1. The van der Waals surface area contributed by atoms with Crippen molar-refractivity contribution in [3.63, 3.8) is 0 Å². The summed E-state index contributed by atoms with van der Waals surface area (Å²) < 4.78 is 40.6. The maximum absolute atomic E-state index is 11.8. The van der Waals surface area contributed by atoms with Gasteiger partial charge in [-0.05, 0) is 111 Å². The molecule has 5 saturated heterocycles. The van der Waals surface area contributed by atoms with Crippen LogP contribution in [0.5, 0.6) is 11.5 Å². The molecule has 10 N–H and O–H groups in total. The first-order valence-electron chi connectivity index (χ1n) is 27.0. The van der Waals surface area contributed by atoms with Crippen molar-refractivity contribution in [1.29, 1.82) is 0 Å². The molecule has 0 saturated carbocycles. The fourth-order valence-electron chi connectivity index (χ4n) is 9.26. The van der Waals surface area contributed by atoms with Crippen LogP contribution in [0, 0.1) is 23.2 Å². The molecule has 6 aromatic rings. The minimum Gasteiger partial charge on any atom is -0.497 e. The summed E-state index contributed by atoms with van der Waals surface area (Å²) in [5.41, 5.74) is 17.6. The third kappa shape index (κ3) is 15.6. The first-order valence-corrected chi connectivity index (χ1v) is 28.4. The summed E-state index contributed by atoms with van der Waals surface area (Å²) in [6.07, 6.45) is 0.916. The second kappa shape index (κ2) is 28.1. The number of hydrogen-bond acceptors (Lipinski definition) is 18. The van der Waals surface area contributed by atoms with Crippen LogP contribution in [0.15, 0.2) is 163 Å². The molecule has 0 radical (unpaired) electrons. The maximum atomic E-state index is 11.8. The highest BCUT2D eigenvalue weighted by Gasteiger charge is 2.46. The molecule has 3 unspecified atom stereocenters. The number of ether oxygens (including phenoxy) is 2. The van der Waals surface area contributed by atoms with E-state index >= 15 is 0 Å². The quantitative estimate of drug-likeness (QED) is 0.0736. The Morgan fingerprint density at radius 3 is 1.54 bits per heavy atom. The van der Waals surface area contributed by atoms with E-state index in [0.29, 0.717) is 38.2 Å². The van der Waals surface area contributed by atoms with Crippen molar-refractivity contribution in [1.82, 2.24) is 27.1 Å². The highest BCUT2D eigenvalue weighted by atomic mass is 32.2. The number of rotatable bonds is 13. The smallest absolute Gasteiger partial charge is 0.294 e. The number of methoxy groups -OCH3 is 2.